The van der Waals surface area contributed by atoms with Crippen LogP contribution >= 0.6 is 10.7 Å². The Labute approximate surface area is 73.4 Å². The second-order valence-corrected chi connectivity index (χ2v) is 6.50. The summed E-state index contributed by atoms with van der Waals surface area (Å²) in [7, 11) is 1.83. The molecule has 0 fully saturated rings. The highest BCUT2D eigenvalue weighted by Crippen LogP contribution is 2.26. The number of halogens is 1. The van der Waals surface area contributed by atoms with E-state index in [0.29, 0.717) is 6.42 Å². The van der Waals surface area contributed by atoms with Crippen molar-refractivity contribution in [2.45, 2.75) is 44.8 Å². The molecule has 0 amide bonds. The molecule has 2 nitrogen and oxygen atoms in total. The van der Waals surface area contributed by atoms with Crippen molar-refractivity contribution in [3.05, 3.63) is 0 Å². The van der Waals surface area contributed by atoms with E-state index in [0.717, 1.165) is 12.8 Å². The van der Waals surface area contributed by atoms with E-state index in [9.17, 15) is 8.42 Å². The molecule has 0 aromatic heterocycles. The summed E-state index contributed by atoms with van der Waals surface area (Å²) in [5, 5.41) is 0. The Kier molecular flexibility index (Phi) is 3.85. The predicted octanol–water partition coefficient (Wildman–Crippen LogP) is 2.52. The molecule has 0 aliphatic rings. The Hall–Kier alpha value is 0.240. The van der Waals surface area contributed by atoms with Crippen LogP contribution in [-0.2, 0) is 9.05 Å². The van der Waals surface area contributed by atoms with Crippen molar-refractivity contribution in [2.75, 3.05) is 0 Å². The molecule has 0 saturated carbocycles. The summed E-state index contributed by atoms with van der Waals surface area (Å²) in [5.74, 6) is 0. The van der Waals surface area contributed by atoms with Crippen LogP contribution in [0.5, 0.6) is 0 Å². The van der Waals surface area contributed by atoms with Crippen LogP contribution in [0.25, 0.3) is 0 Å². The zero-order valence-electron chi connectivity index (χ0n) is 7.22. The van der Waals surface area contributed by atoms with E-state index in [1.165, 1.54) is 0 Å². The lowest BCUT2D eigenvalue weighted by molar-refractivity contribution is 0.525. The largest absolute Gasteiger partial charge is 0.237 e. The van der Waals surface area contributed by atoms with Crippen LogP contribution < -0.4 is 0 Å². The Morgan fingerprint density at radius 3 is 2.09 bits per heavy atom. The van der Waals surface area contributed by atoms with Gasteiger partial charge in [0, 0.05) is 10.7 Å². The van der Waals surface area contributed by atoms with Gasteiger partial charge in [-0.15, -0.1) is 0 Å². The van der Waals surface area contributed by atoms with Crippen LogP contribution in [0.15, 0.2) is 0 Å². The average Bonchev–Trinajstić information content (AvgIpc) is 1.81. The van der Waals surface area contributed by atoms with Crippen molar-refractivity contribution in [2.24, 2.45) is 0 Å². The number of unbranched alkanes of at least 4 members (excludes halogenated alkanes) is 1. The summed E-state index contributed by atoms with van der Waals surface area (Å²) in [6.07, 6.45) is 2.53. The maximum absolute atomic E-state index is 10.9. The first-order valence-corrected chi connectivity index (χ1v) is 6.06. The predicted molar refractivity (Wildman–Crippen MR) is 48.4 cm³/mol. The Morgan fingerprint density at radius 1 is 1.36 bits per heavy atom. The van der Waals surface area contributed by atoms with E-state index < -0.39 is 13.8 Å². The highest BCUT2D eigenvalue weighted by atomic mass is 35.7. The van der Waals surface area contributed by atoms with Gasteiger partial charge < -0.3 is 0 Å². The van der Waals surface area contributed by atoms with Crippen molar-refractivity contribution >= 4 is 19.7 Å². The molecule has 0 radical (unpaired) electrons. The van der Waals surface area contributed by atoms with E-state index in [2.05, 4.69) is 0 Å². The molecule has 4 heteroatoms. The molecule has 0 rings (SSSR count). The topological polar surface area (TPSA) is 34.1 Å². The molecule has 68 valence electrons. The smallest absolute Gasteiger partial charge is 0.212 e. The second-order valence-electron chi connectivity index (χ2n) is 3.30. The fourth-order valence-electron chi connectivity index (χ4n) is 0.724. The summed E-state index contributed by atoms with van der Waals surface area (Å²) < 4.78 is 21.1. The van der Waals surface area contributed by atoms with Crippen molar-refractivity contribution in [3.8, 4) is 0 Å². The molecule has 0 unspecified atom stereocenters. The standard InChI is InChI=1S/C7H15ClO2S/c1-4-5-6-7(2,3)11(8,9)10/h4-6H2,1-3H3. The molecule has 0 bridgehead atoms. The number of rotatable bonds is 4. The quantitative estimate of drug-likeness (QED) is 0.651. The highest BCUT2D eigenvalue weighted by molar-refractivity contribution is 8.14. The van der Waals surface area contributed by atoms with Gasteiger partial charge >= 0.3 is 0 Å². The SMILES string of the molecule is CCCCC(C)(C)S(=O)(=O)Cl. The van der Waals surface area contributed by atoms with E-state index in [1.54, 1.807) is 13.8 Å². The van der Waals surface area contributed by atoms with Crippen molar-refractivity contribution in [1.82, 2.24) is 0 Å². The third kappa shape index (κ3) is 3.43. The first-order chi connectivity index (χ1) is 4.81. The van der Waals surface area contributed by atoms with Gasteiger partial charge in [0.15, 0.2) is 0 Å². The maximum Gasteiger partial charge on any atom is 0.237 e. The number of hydrogen-bond acceptors (Lipinski definition) is 2. The number of hydrogen-bond donors (Lipinski definition) is 0. The second kappa shape index (κ2) is 3.76. The lowest BCUT2D eigenvalue weighted by Gasteiger charge is -2.19. The van der Waals surface area contributed by atoms with Gasteiger partial charge in [-0.2, -0.15) is 0 Å². The van der Waals surface area contributed by atoms with E-state index >= 15 is 0 Å². The molecule has 11 heavy (non-hydrogen) atoms. The summed E-state index contributed by atoms with van der Waals surface area (Å²) in [6.45, 7) is 5.34. The zero-order valence-corrected chi connectivity index (χ0v) is 8.80. The molecular formula is C7H15ClO2S. The van der Waals surface area contributed by atoms with Gasteiger partial charge in [0.05, 0.1) is 4.75 Å². The van der Waals surface area contributed by atoms with Crippen molar-refractivity contribution < 1.29 is 8.42 Å². The van der Waals surface area contributed by atoms with Gasteiger partial charge in [-0.3, -0.25) is 0 Å². The van der Waals surface area contributed by atoms with Gasteiger partial charge in [-0.05, 0) is 20.3 Å². The molecule has 0 aliphatic heterocycles. The summed E-state index contributed by atoms with van der Waals surface area (Å²) in [6, 6.07) is 0. The monoisotopic (exact) mass is 198 g/mol. The lowest BCUT2D eigenvalue weighted by Crippen LogP contribution is -2.27. The first kappa shape index (κ1) is 11.2. The van der Waals surface area contributed by atoms with Crippen LogP contribution in [0, 0.1) is 0 Å². The van der Waals surface area contributed by atoms with Gasteiger partial charge in [0.25, 0.3) is 0 Å². The van der Waals surface area contributed by atoms with Crippen molar-refractivity contribution in [3.63, 3.8) is 0 Å². The van der Waals surface area contributed by atoms with Gasteiger partial charge in [-0.1, -0.05) is 19.8 Å². The zero-order chi connectivity index (χ0) is 9.12. The molecule has 0 aliphatic carbocycles. The van der Waals surface area contributed by atoms with Crippen LogP contribution in [0.2, 0.25) is 0 Å². The first-order valence-electron chi connectivity index (χ1n) is 3.75. The van der Waals surface area contributed by atoms with Gasteiger partial charge in [-0.25, -0.2) is 8.42 Å². The van der Waals surface area contributed by atoms with Crippen LogP contribution in [-0.4, -0.2) is 13.2 Å². The van der Waals surface area contributed by atoms with E-state index in [1.807, 2.05) is 6.92 Å². The lowest BCUT2D eigenvalue weighted by atomic mass is 10.1. The summed E-state index contributed by atoms with van der Waals surface area (Å²) in [5.41, 5.74) is 0. The van der Waals surface area contributed by atoms with E-state index in [-0.39, 0.29) is 0 Å². The highest BCUT2D eigenvalue weighted by Gasteiger charge is 2.31. The minimum absolute atomic E-state index is 0.634. The van der Waals surface area contributed by atoms with Crippen LogP contribution in [0.3, 0.4) is 0 Å². The maximum atomic E-state index is 10.9. The molecule has 0 spiro atoms. The van der Waals surface area contributed by atoms with Crippen molar-refractivity contribution in [1.29, 1.82) is 0 Å². The molecule has 0 heterocycles. The summed E-state index contributed by atoms with van der Waals surface area (Å²) >= 11 is 0. The Morgan fingerprint density at radius 2 is 1.82 bits per heavy atom. The van der Waals surface area contributed by atoms with Crippen LogP contribution in [0.1, 0.15) is 40.0 Å². The fourth-order valence-corrected chi connectivity index (χ4v) is 1.34. The van der Waals surface area contributed by atoms with Crippen LogP contribution in [0.4, 0.5) is 0 Å². The third-order valence-electron chi connectivity index (χ3n) is 1.79. The molecule has 0 N–H and O–H groups in total. The molecule has 0 atom stereocenters. The minimum Gasteiger partial charge on any atom is -0.212 e. The van der Waals surface area contributed by atoms with Gasteiger partial charge in [0.1, 0.15) is 0 Å². The summed E-state index contributed by atoms with van der Waals surface area (Å²) in [4.78, 5) is 0. The van der Waals surface area contributed by atoms with Gasteiger partial charge in [0.2, 0.25) is 9.05 Å². The van der Waals surface area contributed by atoms with E-state index in [4.69, 9.17) is 10.7 Å². The third-order valence-corrected chi connectivity index (χ3v) is 4.57. The minimum atomic E-state index is -3.40. The molecular weight excluding hydrogens is 184 g/mol. The fraction of sp³-hybridized carbons (Fsp3) is 1.00. The Bertz CT molecular complexity index is 206. The molecule has 0 saturated heterocycles. The normalized spacial score (nSPS) is 13.5. The molecule has 0 aromatic rings. The Balaban J connectivity index is 4.24. The molecule has 0 aromatic carbocycles. The average molecular weight is 199 g/mol.